The van der Waals surface area contributed by atoms with Crippen LogP contribution in [0.5, 0.6) is 0 Å². The number of thiocyanates is 1. The molecule has 0 spiro atoms. The minimum atomic E-state index is 0.581. The Hall–Kier alpha value is -1.53. The topological polar surface area (TPSA) is 40.9 Å². The minimum absolute atomic E-state index is 0.581. The van der Waals surface area contributed by atoms with E-state index in [0.717, 1.165) is 28.5 Å². The van der Waals surface area contributed by atoms with Gasteiger partial charge in [0.25, 0.3) is 0 Å². The number of allylic oxidation sites excluding steroid dienone is 2. The van der Waals surface area contributed by atoms with Gasteiger partial charge in [-0.15, -0.1) is 0 Å². The molecule has 0 aliphatic rings. The number of nitrogens with zero attached hydrogens (tertiary/aromatic N) is 1. The Kier molecular flexibility index (Phi) is 3.96. The first-order valence-electron chi connectivity index (χ1n) is 4.07. The molecule has 1 aromatic carbocycles. The van der Waals surface area contributed by atoms with E-state index in [2.05, 4.69) is 0 Å². The van der Waals surface area contributed by atoms with Crippen LogP contribution in [-0.4, -0.2) is 6.29 Å². The van der Waals surface area contributed by atoms with E-state index in [4.69, 9.17) is 5.26 Å². The average Bonchev–Trinajstić information content (AvgIpc) is 2.21. The second kappa shape index (κ2) is 5.25. The number of carbonyl (C=O) groups is 1. The molecule has 0 amide bonds. The number of benzene rings is 1. The molecule has 0 saturated carbocycles. The largest absolute Gasteiger partial charge is 0.298 e. The number of carbonyl (C=O) groups excluding carboxylic acids is 1. The lowest BCUT2D eigenvalue weighted by Crippen LogP contribution is -1.87. The molecular formula is C11H9NOS. The zero-order chi connectivity index (χ0) is 10.4. The molecule has 0 aliphatic carbocycles. The molecule has 1 rings (SSSR count). The summed E-state index contributed by atoms with van der Waals surface area (Å²) in [6, 6.07) is 9.32. The molecule has 0 aliphatic heterocycles. The molecule has 3 heteroatoms. The van der Waals surface area contributed by atoms with Crippen LogP contribution in [0.15, 0.2) is 35.2 Å². The maximum absolute atomic E-state index is 10.8. The molecule has 2 nitrogen and oxygen atoms in total. The Morgan fingerprint density at radius 2 is 2.07 bits per heavy atom. The van der Waals surface area contributed by atoms with Gasteiger partial charge in [0.1, 0.15) is 5.40 Å². The maximum Gasteiger partial charge on any atom is 0.151 e. The predicted molar refractivity (Wildman–Crippen MR) is 58.3 cm³/mol. The fourth-order valence-corrected chi connectivity index (χ4v) is 1.51. The van der Waals surface area contributed by atoms with Crippen LogP contribution < -0.4 is 0 Å². The summed E-state index contributed by atoms with van der Waals surface area (Å²) in [6.45, 7) is 1.77. The number of hydrogen-bond donors (Lipinski definition) is 0. The summed E-state index contributed by atoms with van der Waals surface area (Å²) in [7, 11) is 0. The van der Waals surface area contributed by atoms with Gasteiger partial charge in [-0.05, 0) is 24.2 Å². The van der Waals surface area contributed by atoms with Gasteiger partial charge >= 0.3 is 0 Å². The molecule has 0 fully saturated rings. The van der Waals surface area contributed by atoms with E-state index in [0.29, 0.717) is 5.57 Å². The fourth-order valence-electron chi connectivity index (χ4n) is 1.10. The highest BCUT2D eigenvalue weighted by Crippen LogP contribution is 2.23. The van der Waals surface area contributed by atoms with Crippen LogP contribution >= 0.6 is 11.8 Å². The summed E-state index contributed by atoms with van der Waals surface area (Å²) in [6.07, 6.45) is 0.787. The van der Waals surface area contributed by atoms with Crippen molar-refractivity contribution >= 4 is 23.6 Å². The van der Waals surface area contributed by atoms with E-state index in [9.17, 15) is 4.79 Å². The fraction of sp³-hybridized carbons (Fsp3) is 0.0909. The monoisotopic (exact) mass is 203 g/mol. The van der Waals surface area contributed by atoms with Crippen LogP contribution in [0, 0.1) is 10.7 Å². The standard InChI is InChI=1S/C11H9NOS/c1-9(14-8-12)11(7-13)10-5-3-2-4-6-10/h2-7H,1H3. The highest BCUT2D eigenvalue weighted by molar-refractivity contribution is 8.07. The van der Waals surface area contributed by atoms with Crippen molar-refractivity contribution < 1.29 is 4.79 Å². The number of hydrogen-bond acceptors (Lipinski definition) is 3. The van der Waals surface area contributed by atoms with Gasteiger partial charge < -0.3 is 0 Å². The molecular weight excluding hydrogens is 194 g/mol. The van der Waals surface area contributed by atoms with Gasteiger partial charge in [-0.25, -0.2) is 0 Å². The molecule has 0 bridgehead atoms. The van der Waals surface area contributed by atoms with E-state index in [1.54, 1.807) is 6.92 Å². The zero-order valence-corrected chi connectivity index (χ0v) is 8.54. The molecule has 1 aromatic rings. The van der Waals surface area contributed by atoms with Crippen LogP contribution in [-0.2, 0) is 4.79 Å². The first-order chi connectivity index (χ1) is 6.79. The van der Waals surface area contributed by atoms with Gasteiger partial charge in [0, 0.05) is 10.5 Å². The van der Waals surface area contributed by atoms with Crippen LogP contribution in [0.1, 0.15) is 12.5 Å². The van der Waals surface area contributed by atoms with Gasteiger partial charge in [0.15, 0.2) is 6.29 Å². The first-order valence-corrected chi connectivity index (χ1v) is 4.88. The van der Waals surface area contributed by atoms with Crippen molar-refractivity contribution in [3.63, 3.8) is 0 Å². The Balaban J connectivity index is 3.11. The minimum Gasteiger partial charge on any atom is -0.298 e. The van der Waals surface area contributed by atoms with Crippen molar-refractivity contribution in [1.82, 2.24) is 0 Å². The van der Waals surface area contributed by atoms with E-state index >= 15 is 0 Å². The van der Waals surface area contributed by atoms with Gasteiger partial charge in [0.05, 0.1) is 0 Å². The molecule has 0 unspecified atom stereocenters. The molecule has 0 saturated heterocycles. The molecule has 0 aromatic heterocycles. The summed E-state index contributed by atoms with van der Waals surface area (Å²) in [4.78, 5) is 11.6. The van der Waals surface area contributed by atoms with Crippen LogP contribution in [0.4, 0.5) is 0 Å². The van der Waals surface area contributed by atoms with E-state index in [-0.39, 0.29) is 0 Å². The van der Waals surface area contributed by atoms with E-state index in [1.807, 2.05) is 35.7 Å². The van der Waals surface area contributed by atoms with E-state index in [1.165, 1.54) is 0 Å². The number of nitriles is 1. The van der Waals surface area contributed by atoms with Crippen molar-refractivity contribution in [2.45, 2.75) is 6.92 Å². The summed E-state index contributed by atoms with van der Waals surface area (Å²) in [5.74, 6) is 0. The molecule has 0 heterocycles. The SMILES string of the molecule is CC(SC#N)=C(C=O)c1ccccc1. The lowest BCUT2D eigenvalue weighted by Gasteiger charge is -2.02. The normalized spacial score (nSPS) is 11.4. The highest BCUT2D eigenvalue weighted by Gasteiger charge is 2.04. The summed E-state index contributed by atoms with van der Waals surface area (Å²) < 4.78 is 0. The number of rotatable bonds is 3. The number of aldehydes is 1. The Morgan fingerprint density at radius 3 is 2.57 bits per heavy atom. The van der Waals surface area contributed by atoms with Gasteiger partial charge in [0.2, 0.25) is 0 Å². The predicted octanol–water partition coefficient (Wildman–Crippen LogP) is 2.83. The van der Waals surface area contributed by atoms with Crippen LogP contribution in [0.3, 0.4) is 0 Å². The lowest BCUT2D eigenvalue weighted by atomic mass is 10.1. The van der Waals surface area contributed by atoms with Crippen molar-refractivity contribution in [2.75, 3.05) is 0 Å². The third-order valence-corrected chi connectivity index (χ3v) is 2.40. The van der Waals surface area contributed by atoms with Crippen LogP contribution in [0.2, 0.25) is 0 Å². The quantitative estimate of drug-likeness (QED) is 0.431. The first kappa shape index (κ1) is 10.6. The van der Waals surface area contributed by atoms with Crippen molar-refractivity contribution in [3.05, 3.63) is 40.8 Å². The second-order valence-electron chi connectivity index (χ2n) is 2.65. The molecule has 14 heavy (non-hydrogen) atoms. The van der Waals surface area contributed by atoms with Crippen molar-refractivity contribution in [3.8, 4) is 5.40 Å². The zero-order valence-electron chi connectivity index (χ0n) is 7.73. The van der Waals surface area contributed by atoms with Crippen molar-refractivity contribution in [1.29, 1.82) is 5.26 Å². The average molecular weight is 203 g/mol. The second-order valence-corrected chi connectivity index (χ2v) is 3.65. The number of thioether (sulfide) groups is 1. The summed E-state index contributed by atoms with van der Waals surface area (Å²) in [5.41, 5.74) is 1.43. The third kappa shape index (κ3) is 2.48. The highest BCUT2D eigenvalue weighted by atomic mass is 32.2. The smallest absolute Gasteiger partial charge is 0.151 e. The summed E-state index contributed by atoms with van der Waals surface area (Å²) in [5, 5.41) is 10.4. The maximum atomic E-state index is 10.8. The molecule has 0 radical (unpaired) electrons. The summed E-state index contributed by atoms with van der Waals surface area (Å²) >= 11 is 1.01. The Bertz CT molecular complexity index is 389. The van der Waals surface area contributed by atoms with Crippen LogP contribution in [0.25, 0.3) is 5.57 Å². The molecule has 0 N–H and O–H groups in total. The van der Waals surface area contributed by atoms with Crippen molar-refractivity contribution in [2.24, 2.45) is 0 Å². The van der Waals surface area contributed by atoms with E-state index < -0.39 is 0 Å². The third-order valence-electron chi connectivity index (χ3n) is 1.78. The Morgan fingerprint density at radius 1 is 1.43 bits per heavy atom. The molecule has 70 valence electrons. The van der Waals surface area contributed by atoms with Gasteiger partial charge in [-0.3, -0.25) is 4.79 Å². The van der Waals surface area contributed by atoms with Gasteiger partial charge in [-0.2, -0.15) is 5.26 Å². The molecule has 0 atom stereocenters. The lowest BCUT2D eigenvalue weighted by molar-refractivity contribution is -0.103. The van der Waals surface area contributed by atoms with Gasteiger partial charge in [-0.1, -0.05) is 30.3 Å². The Labute approximate surface area is 87.2 Å².